The molecule has 2 heterocycles. The molecular weight excluding hydrogens is 521 g/mol. The van der Waals surface area contributed by atoms with Gasteiger partial charge in [0.2, 0.25) is 0 Å². The second-order valence-corrected chi connectivity index (χ2v) is 10.4. The van der Waals surface area contributed by atoms with E-state index < -0.39 is 11.4 Å². The number of ether oxygens (including phenoxy) is 3. The molecule has 2 aromatic carbocycles. The zero-order valence-corrected chi connectivity index (χ0v) is 22.8. The number of carbonyl (C=O) groups is 1. The molecule has 1 aliphatic carbocycles. The number of methoxy groups -OCH3 is 1. The van der Waals surface area contributed by atoms with Gasteiger partial charge in [-0.05, 0) is 80.1 Å². The molecule has 1 unspecified atom stereocenters. The number of halogens is 2. The molecule has 5 rings (SSSR count). The molecule has 0 spiro atoms. The fraction of sp³-hybridized carbons (Fsp3) is 0.355. The molecule has 6 nitrogen and oxygen atoms in total. The van der Waals surface area contributed by atoms with Crippen LogP contribution in [0, 0.1) is 11.7 Å². The first kappa shape index (κ1) is 27.2. The molecule has 3 aromatic rings. The molecular formula is C31H31ClFNO5. The lowest BCUT2D eigenvalue weighted by Gasteiger charge is -2.30. The van der Waals surface area contributed by atoms with Crippen molar-refractivity contribution in [1.82, 2.24) is 4.98 Å². The molecule has 2 aliphatic rings. The van der Waals surface area contributed by atoms with Crippen LogP contribution in [0.25, 0.3) is 17.3 Å². The summed E-state index contributed by atoms with van der Waals surface area (Å²) in [6.45, 7) is 2.95. The first-order valence-corrected chi connectivity index (χ1v) is 13.6. The van der Waals surface area contributed by atoms with Gasteiger partial charge in [-0.1, -0.05) is 24.6 Å². The van der Waals surface area contributed by atoms with Crippen molar-refractivity contribution in [3.8, 4) is 28.5 Å². The van der Waals surface area contributed by atoms with Crippen molar-refractivity contribution in [1.29, 1.82) is 0 Å². The van der Waals surface area contributed by atoms with E-state index in [1.54, 1.807) is 31.4 Å². The number of benzene rings is 2. The topological polar surface area (TPSA) is 77.9 Å². The number of Topliss-reactive ketones (excluding diaryl/α,β-unsaturated/α-hetero) is 1. The maximum absolute atomic E-state index is 13.9. The van der Waals surface area contributed by atoms with Crippen LogP contribution in [0.15, 0.2) is 48.5 Å². The number of nitrogens with zero attached hydrogens (tertiary/aromatic N) is 1. The molecule has 0 bridgehead atoms. The van der Waals surface area contributed by atoms with Crippen LogP contribution in [0.5, 0.6) is 17.2 Å². The van der Waals surface area contributed by atoms with Crippen molar-refractivity contribution < 1.29 is 28.5 Å². The lowest BCUT2D eigenvalue weighted by atomic mass is 9.85. The predicted octanol–water partition coefficient (Wildman–Crippen LogP) is 7.00. The van der Waals surface area contributed by atoms with Gasteiger partial charge in [0.15, 0.2) is 23.0 Å². The molecule has 1 saturated carbocycles. The number of rotatable bonds is 11. The van der Waals surface area contributed by atoms with Gasteiger partial charge in [0, 0.05) is 23.1 Å². The summed E-state index contributed by atoms with van der Waals surface area (Å²) in [5, 5.41) is 12.0. The smallest absolute Gasteiger partial charge is 0.163 e. The van der Waals surface area contributed by atoms with Crippen LogP contribution in [0.4, 0.5) is 4.39 Å². The zero-order chi connectivity index (χ0) is 27.6. The molecule has 1 N–H and O–H groups in total. The Morgan fingerprint density at radius 3 is 2.74 bits per heavy atom. The third kappa shape index (κ3) is 5.65. The summed E-state index contributed by atoms with van der Waals surface area (Å²) in [7, 11) is 1.54. The Labute approximate surface area is 232 Å². The highest BCUT2D eigenvalue weighted by Gasteiger charge is 2.46. The molecule has 1 aliphatic heterocycles. The Kier molecular flexibility index (Phi) is 7.91. The van der Waals surface area contributed by atoms with E-state index in [9.17, 15) is 14.3 Å². The average Bonchev–Trinajstić information content (AvgIpc) is 3.82. The quantitative estimate of drug-likeness (QED) is 0.258. The van der Waals surface area contributed by atoms with Crippen LogP contribution in [-0.2, 0) is 5.60 Å². The highest BCUT2D eigenvalue weighted by molar-refractivity contribution is 6.31. The van der Waals surface area contributed by atoms with Crippen molar-refractivity contribution in [2.24, 2.45) is 5.92 Å². The van der Waals surface area contributed by atoms with Crippen molar-refractivity contribution in [2.45, 2.75) is 44.6 Å². The molecule has 1 fully saturated rings. The number of ketones is 1. The van der Waals surface area contributed by atoms with Gasteiger partial charge >= 0.3 is 0 Å². The summed E-state index contributed by atoms with van der Waals surface area (Å²) in [5.74, 6) is 0.982. The Balaban J connectivity index is 1.45. The second-order valence-electron chi connectivity index (χ2n) is 9.95. The molecule has 39 heavy (non-hydrogen) atoms. The van der Waals surface area contributed by atoms with Gasteiger partial charge in [-0.2, -0.15) is 0 Å². The number of aliphatic hydroxyl groups is 1. The Hall–Kier alpha value is -3.42. The van der Waals surface area contributed by atoms with E-state index in [-0.39, 0.29) is 29.6 Å². The largest absolute Gasteiger partial charge is 0.493 e. The van der Waals surface area contributed by atoms with Crippen LogP contribution in [-0.4, -0.2) is 36.2 Å². The average molecular weight is 552 g/mol. The SMILES string of the molecule is CCCOc1ccc(C(=O)CCC(O)(c2cc3c(c(-c4ccc(F)c(Cl)c4)n2)OCC=C3)C2CC2)cc1OC. The normalized spacial score (nSPS) is 15.7. The van der Waals surface area contributed by atoms with Crippen LogP contribution < -0.4 is 14.2 Å². The van der Waals surface area contributed by atoms with Gasteiger partial charge in [0.1, 0.15) is 23.7 Å². The monoisotopic (exact) mass is 551 g/mol. The van der Waals surface area contributed by atoms with Gasteiger partial charge in [0.25, 0.3) is 0 Å². The van der Waals surface area contributed by atoms with Crippen LogP contribution in [0.1, 0.15) is 60.6 Å². The molecule has 204 valence electrons. The number of hydrogen-bond acceptors (Lipinski definition) is 6. The van der Waals surface area contributed by atoms with E-state index >= 15 is 0 Å². The minimum Gasteiger partial charge on any atom is -0.493 e. The molecule has 0 amide bonds. The molecule has 8 heteroatoms. The number of aromatic nitrogens is 1. The van der Waals surface area contributed by atoms with Crippen molar-refractivity contribution in [3.63, 3.8) is 0 Å². The first-order valence-electron chi connectivity index (χ1n) is 13.2. The maximum Gasteiger partial charge on any atom is 0.163 e. The summed E-state index contributed by atoms with van der Waals surface area (Å²) in [6, 6.07) is 11.4. The summed E-state index contributed by atoms with van der Waals surface area (Å²) >= 11 is 6.07. The van der Waals surface area contributed by atoms with E-state index in [2.05, 4.69) is 0 Å². The molecule has 1 aromatic heterocycles. The van der Waals surface area contributed by atoms with Crippen LogP contribution in [0.2, 0.25) is 5.02 Å². The van der Waals surface area contributed by atoms with E-state index in [4.69, 9.17) is 30.8 Å². The fourth-order valence-corrected chi connectivity index (χ4v) is 5.10. The zero-order valence-electron chi connectivity index (χ0n) is 22.0. The van der Waals surface area contributed by atoms with E-state index in [1.807, 2.05) is 25.1 Å². The van der Waals surface area contributed by atoms with Gasteiger partial charge in [-0.25, -0.2) is 9.37 Å². The predicted molar refractivity (Wildman–Crippen MR) is 148 cm³/mol. The standard InChI is InChI=1S/C31H31ClFNO5/c1-3-14-38-26-11-7-19(17-27(26)37-2)25(35)12-13-31(36,22-8-9-22)28-18-21-5-4-15-39-30(21)29(34-28)20-6-10-24(33)23(32)16-20/h4-7,10-11,16-18,22,36H,3,8-9,12-15H2,1-2H3. The van der Waals surface area contributed by atoms with Crippen molar-refractivity contribution in [3.05, 3.63) is 76.2 Å². The Bertz CT molecular complexity index is 1420. The van der Waals surface area contributed by atoms with Crippen molar-refractivity contribution in [2.75, 3.05) is 20.3 Å². The number of carbonyl (C=O) groups excluding carboxylic acids is 1. The molecule has 0 saturated heterocycles. The third-order valence-corrected chi connectivity index (χ3v) is 7.48. The van der Waals surface area contributed by atoms with E-state index in [0.717, 1.165) is 24.8 Å². The van der Waals surface area contributed by atoms with E-state index in [0.29, 0.717) is 53.0 Å². The highest BCUT2D eigenvalue weighted by Crippen LogP contribution is 2.50. The Morgan fingerprint density at radius 1 is 1.21 bits per heavy atom. The van der Waals surface area contributed by atoms with Crippen molar-refractivity contribution >= 4 is 23.5 Å². The van der Waals surface area contributed by atoms with Gasteiger partial charge in [-0.15, -0.1) is 0 Å². The molecule has 1 atom stereocenters. The highest BCUT2D eigenvalue weighted by atomic mass is 35.5. The number of pyridine rings is 1. The summed E-state index contributed by atoms with van der Waals surface area (Å²) in [4.78, 5) is 18.1. The van der Waals surface area contributed by atoms with Gasteiger partial charge < -0.3 is 19.3 Å². The minimum absolute atomic E-state index is 0.0200. The lowest BCUT2D eigenvalue weighted by molar-refractivity contribution is -0.00113. The van der Waals surface area contributed by atoms with Crippen LogP contribution in [0.3, 0.4) is 0 Å². The lowest BCUT2D eigenvalue weighted by Crippen LogP contribution is -2.31. The first-order chi connectivity index (χ1) is 18.8. The summed E-state index contributed by atoms with van der Waals surface area (Å²) in [5.41, 5.74) is 1.46. The maximum atomic E-state index is 13.9. The Morgan fingerprint density at radius 2 is 2.03 bits per heavy atom. The van der Waals surface area contributed by atoms with E-state index in [1.165, 1.54) is 12.1 Å². The fourth-order valence-electron chi connectivity index (χ4n) is 4.92. The van der Waals surface area contributed by atoms with Gasteiger partial charge in [0.05, 0.1) is 24.4 Å². The molecule has 0 radical (unpaired) electrons. The van der Waals surface area contributed by atoms with Crippen LogP contribution >= 0.6 is 11.6 Å². The second kappa shape index (κ2) is 11.4. The number of fused-ring (bicyclic) bond motifs is 1. The number of hydrogen-bond donors (Lipinski definition) is 1. The third-order valence-electron chi connectivity index (χ3n) is 7.19. The van der Waals surface area contributed by atoms with Gasteiger partial charge in [-0.3, -0.25) is 4.79 Å². The minimum atomic E-state index is -1.32. The summed E-state index contributed by atoms with van der Waals surface area (Å²) < 4.78 is 30.9. The summed E-state index contributed by atoms with van der Waals surface area (Å²) in [6.07, 6.45) is 6.66.